The monoisotopic (exact) mass is 304 g/mol. The molecular formula is C18H24O4. The molecule has 0 spiro atoms. The Morgan fingerprint density at radius 1 is 1.23 bits per heavy atom. The van der Waals surface area contributed by atoms with E-state index in [0.717, 1.165) is 25.7 Å². The zero-order valence-corrected chi connectivity index (χ0v) is 13.2. The molecule has 0 saturated heterocycles. The molecule has 0 saturated carbocycles. The van der Waals surface area contributed by atoms with E-state index in [9.17, 15) is 4.79 Å². The number of rotatable bonds is 9. The number of hydrogen-bond donors (Lipinski definition) is 1. The number of unbranched alkanes of at least 4 members (excludes halogenated alkanes) is 3. The van der Waals surface area contributed by atoms with Gasteiger partial charge in [0.05, 0.1) is 13.7 Å². The van der Waals surface area contributed by atoms with Gasteiger partial charge in [-0.1, -0.05) is 30.4 Å². The highest BCUT2D eigenvalue weighted by Crippen LogP contribution is 2.17. The van der Waals surface area contributed by atoms with Crippen molar-refractivity contribution in [1.29, 1.82) is 0 Å². The van der Waals surface area contributed by atoms with Gasteiger partial charge in [-0.05, 0) is 38.7 Å². The van der Waals surface area contributed by atoms with Crippen LogP contribution in [-0.4, -0.2) is 12.2 Å². The lowest BCUT2D eigenvalue weighted by atomic mass is 10.1. The van der Waals surface area contributed by atoms with E-state index in [1.807, 2.05) is 25.2 Å². The fraction of sp³-hybridized carbons (Fsp3) is 0.389. The average molecular weight is 304 g/mol. The largest absolute Gasteiger partial charge is 0.496 e. The molecule has 0 amide bonds. The van der Waals surface area contributed by atoms with Crippen molar-refractivity contribution in [2.45, 2.75) is 39.2 Å². The van der Waals surface area contributed by atoms with Gasteiger partial charge in [0.25, 0.3) is 0 Å². The van der Waals surface area contributed by atoms with Crippen LogP contribution in [0.2, 0.25) is 0 Å². The van der Waals surface area contributed by atoms with Gasteiger partial charge in [0.2, 0.25) is 0 Å². The SMILES string of the molecule is C/C=C/C=C/CCCC/C=C/c1cc(OC)c(CO)c(=O)o1. The minimum absolute atomic E-state index is 0.146. The van der Waals surface area contributed by atoms with Crippen molar-refractivity contribution in [2.24, 2.45) is 0 Å². The summed E-state index contributed by atoms with van der Waals surface area (Å²) in [5.41, 5.74) is -0.414. The molecule has 1 N–H and O–H groups in total. The molecule has 0 radical (unpaired) electrons. The molecule has 22 heavy (non-hydrogen) atoms. The van der Waals surface area contributed by atoms with Crippen molar-refractivity contribution in [3.8, 4) is 5.75 Å². The quantitative estimate of drug-likeness (QED) is 0.556. The van der Waals surface area contributed by atoms with Crippen LogP contribution in [0.5, 0.6) is 5.75 Å². The molecule has 0 aliphatic heterocycles. The van der Waals surface area contributed by atoms with Crippen LogP contribution in [0.15, 0.2) is 45.7 Å². The second-order valence-corrected chi connectivity index (χ2v) is 4.78. The van der Waals surface area contributed by atoms with Crippen LogP contribution in [0, 0.1) is 0 Å². The summed E-state index contributed by atoms with van der Waals surface area (Å²) in [5.74, 6) is 0.791. The van der Waals surface area contributed by atoms with Gasteiger partial charge in [-0.3, -0.25) is 0 Å². The third-order valence-corrected chi connectivity index (χ3v) is 3.12. The molecule has 1 aromatic rings. The van der Waals surface area contributed by atoms with Gasteiger partial charge in [-0.2, -0.15) is 0 Å². The summed E-state index contributed by atoms with van der Waals surface area (Å²) in [7, 11) is 1.46. The molecule has 1 aromatic heterocycles. The van der Waals surface area contributed by atoms with Crippen LogP contribution in [-0.2, 0) is 6.61 Å². The first-order valence-electron chi connectivity index (χ1n) is 7.49. The number of ether oxygens (including phenoxy) is 1. The molecule has 0 bridgehead atoms. The Bertz CT molecular complexity index is 579. The predicted octanol–water partition coefficient (Wildman–Crippen LogP) is 3.85. The van der Waals surface area contributed by atoms with Crippen molar-refractivity contribution in [3.05, 3.63) is 58.2 Å². The molecule has 120 valence electrons. The zero-order valence-electron chi connectivity index (χ0n) is 13.2. The van der Waals surface area contributed by atoms with Crippen molar-refractivity contribution >= 4 is 6.08 Å². The molecule has 4 nitrogen and oxygen atoms in total. The van der Waals surface area contributed by atoms with Gasteiger partial charge >= 0.3 is 5.63 Å². The standard InChI is InChI=1S/C18H24O4/c1-3-4-5-6-7-8-9-10-11-12-15-13-17(21-2)16(14-19)18(20)22-15/h3-6,11-13,19H,7-10,14H2,1-2H3/b4-3+,6-5+,12-11+. The molecule has 0 unspecified atom stereocenters. The van der Waals surface area contributed by atoms with Crippen LogP contribution in [0.3, 0.4) is 0 Å². The highest BCUT2D eigenvalue weighted by Gasteiger charge is 2.09. The summed E-state index contributed by atoms with van der Waals surface area (Å²) in [6, 6.07) is 1.61. The Balaban J connectivity index is 2.47. The fourth-order valence-electron chi connectivity index (χ4n) is 1.93. The second kappa shape index (κ2) is 10.6. The maximum absolute atomic E-state index is 11.7. The van der Waals surface area contributed by atoms with Gasteiger partial charge < -0.3 is 14.3 Å². The van der Waals surface area contributed by atoms with E-state index in [0.29, 0.717) is 11.5 Å². The summed E-state index contributed by atoms with van der Waals surface area (Å²) in [4.78, 5) is 11.7. The lowest BCUT2D eigenvalue weighted by Crippen LogP contribution is -2.10. The van der Waals surface area contributed by atoms with Crippen LogP contribution >= 0.6 is 0 Å². The van der Waals surface area contributed by atoms with Crippen molar-refractivity contribution in [3.63, 3.8) is 0 Å². The molecule has 0 atom stereocenters. The molecule has 0 aromatic carbocycles. The Kier molecular flexibility index (Phi) is 8.69. The molecule has 1 rings (SSSR count). The summed E-state index contributed by atoms with van der Waals surface area (Å²) < 4.78 is 10.2. The topological polar surface area (TPSA) is 59.7 Å². The van der Waals surface area contributed by atoms with E-state index >= 15 is 0 Å². The second-order valence-electron chi connectivity index (χ2n) is 4.78. The van der Waals surface area contributed by atoms with E-state index in [1.54, 1.807) is 12.1 Å². The number of aliphatic hydroxyl groups is 1. The third kappa shape index (κ3) is 6.14. The van der Waals surface area contributed by atoms with Gasteiger partial charge in [0, 0.05) is 6.07 Å². The summed E-state index contributed by atoms with van der Waals surface area (Å²) in [5, 5.41) is 9.10. The predicted molar refractivity (Wildman–Crippen MR) is 88.9 cm³/mol. The normalized spacial score (nSPS) is 12.0. The molecule has 0 fully saturated rings. The number of hydrogen-bond acceptors (Lipinski definition) is 4. The lowest BCUT2D eigenvalue weighted by molar-refractivity contribution is 0.264. The molecule has 4 heteroatoms. The highest BCUT2D eigenvalue weighted by atomic mass is 16.5. The zero-order chi connectivity index (χ0) is 16.2. The number of methoxy groups -OCH3 is 1. The minimum Gasteiger partial charge on any atom is -0.496 e. The van der Waals surface area contributed by atoms with E-state index < -0.39 is 12.2 Å². The van der Waals surface area contributed by atoms with Crippen LogP contribution in [0.4, 0.5) is 0 Å². The van der Waals surface area contributed by atoms with Gasteiger partial charge in [0.15, 0.2) is 0 Å². The fourth-order valence-corrected chi connectivity index (χ4v) is 1.93. The Morgan fingerprint density at radius 3 is 2.59 bits per heavy atom. The Morgan fingerprint density at radius 2 is 1.95 bits per heavy atom. The summed E-state index contributed by atoms with van der Waals surface area (Å²) in [6.07, 6.45) is 16.2. The molecule has 1 heterocycles. The first-order valence-corrected chi connectivity index (χ1v) is 7.49. The van der Waals surface area contributed by atoms with Crippen molar-refractivity contribution in [1.82, 2.24) is 0 Å². The van der Waals surface area contributed by atoms with Gasteiger partial charge in [0.1, 0.15) is 17.1 Å². The van der Waals surface area contributed by atoms with Crippen LogP contribution in [0.1, 0.15) is 43.9 Å². The average Bonchev–Trinajstić information content (AvgIpc) is 2.52. The minimum atomic E-state index is -0.560. The smallest absolute Gasteiger partial charge is 0.345 e. The first kappa shape index (κ1) is 18.0. The van der Waals surface area contributed by atoms with E-state index in [1.165, 1.54) is 7.11 Å². The number of allylic oxidation sites excluding steroid dienone is 5. The maximum Gasteiger partial charge on any atom is 0.345 e. The molecule has 0 aliphatic rings. The molecular weight excluding hydrogens is 280 g/mol. The van der Waals surface area contributed by atoms with Crippen molar-refractivity contribution < 1.29 is 14.3 Å². The highest BCUT2D eigenvalue weighted by molar-refractivity contribution is 5.46. The summed E-state index contributed by atoms with van der Waals surface area (Å²) >= 11 is 0. The molecule has 0 aliphatic carbocycles. The summed E-state index contributed by atoms with van der Waals surface area (Å²) in [6.45, 7) is 1.60. The van der Waals surface area contributed by atoms with Crippen LogP contribution in [0.25, 0.3) is 6.08 Å². The maximum atomic E-state index is 11.7. The third-order valence-electron chi connectivity index (χ3n) is 3.12. The first-order chi connectivity index (χ1) is 10.7. The Labute approximate surface area is 131 Å². The van der Waals surface area contributed by atoms with E-state index in [4.69, 9.17) is 14.3 Å². The van der Waals surface area contributed by atoms with E-state index in [2.05, 4.69) is 12.2 Å². The van der Waals surface area contributed by atoms with Crippen molar-refractivity contribution in [2.75, 3.05) is 7.11 Å². The van der Waals surface area contributed by atoms with Crippen LogP contribution < -0.4 is 10.4 Å². The van der Waals surface area contributed by atoms with Gasteiger partial charge in [-0.25, -0.2) is 4.79 Å². The van der Waals surface area contributed by atoms with Gasteiger partial charge in [-0.15, -0.1) is 0 Å². The Hall–Kier alpha value is -2.07. The van der Waals surface area contributed by atoms with E-state index in [-0.39, 0.29) is 5.56 Å². The number of aliphatic hydroxyl groups excluding tert-OH is 1. The lowest BCUT2D eigenvalue weighted by Gasteiger charge is -2.04.